The summed E-state index contributed by atoms with van der Waals surface area (Å²) in [6.45, 7) is 7.77. The van der Waals surface area contributed by atoms with Gasteiger partial charge in [0.2, 0.25) is 0 Å². The molecule has 3 heterocycles. The molecule has 0 spiro atoms. The molecule has 5 heteroatoms. The van der Waals surface area contributed by atoms with Crippen LogP contribution in [0.3, 0.4) is 0 Å². The Kier molecular flexibility index (Phi) is 6.05. The van der Waals surface area contributed by atoms with E-state index < -0.39 is 16.1 Å². The highest BCUT2D eigenvalue weighted by Crippen LogP contribution is 2.31. The summed E-state index contributed by atoms with van der Waals surface area (Å²) in [4.78, 5) is 4.48. The Labute approximate surface area is 150 Å². The Hall–Kier alpha value is 0.664. The van der Waals surface area contributed by atoms with E-state index in [2.05, 4.69) is 37.3 Å². The Morgan fingerprint density at radius 1 is 1.00 bits per heavy atom. The summed E-state index contributed by atoms with van der Waals surface area (Å²) >= 11 is 0. The fourth-order valence-electron chi connectivity index (χ4n) is 4.79. The summed E-state index contributed by atoms with van der Waals surface area (Å²) in [6, 6.07) is 6.32. The second kappa shape index (κ2) is 7.05. The Morgan fingerprint density at radius 3 is 2.10 bits per heavy atom. The third kappa shape index (κ3) is 4.15. The molecule has 3 rings (SSSR count). The number of nitrogens with one attached hydrogen (secondary N) is 1. The van der Waals surface area contributed by atoms with E-state index in [-0.39, 0.29) is 24.0 Å². The van der Waals surface area contributed by atoms with Crippen LogP contribution in [0.1, 0.15) is 32.6 Å². The molecule has 21 heavy (non-hydrogen) atoms. The fourth-order valence-corrected chi connectivity index (χ4v) is 13.0. The number of quaternary nitrogens is 1. The first-order chi connectivity index (χ1) is 9.50. The van der Waals surface area contributed by atoms with Crippen molar-refractivity contribution in [2.24, 2.45) is 0 Å². The van der Waals surface area contributed by atoms with Gasteiger partial charge in [-0.25, -0.2) is 0 Å². The lowest BCUT2D eigenvalue weighted by atomic mass is 10.4. The predicted molar refractivity (Wildman–Crippen MR) is 92.1 cm³/mol. The van der Waals surface area contributed by atoms with Crippen LogP contribution in [0.25, 0.3) is 0 Å². The molecule has 0 bridgehead atoms. The summed E-state index contributed by atoms with van der Waals surface area (Å²) in [7, 11) is -1.80. The normalized spacial score (nSPS) is 33.4. The average Bonchev–Trinajstić information content (AvgIpc) is 3.08. The zero-order chi connectivity index (χ0) is 14.2. The van der Waals surface area contributed by atoms with E-state index in [1.807, 2.05) is 0 Å². The Morgan fingerprint density at radius 2 is 1.52 bits per heavy atom. The molecule has 2 atom stereocenters. The van der Waals surface area contributed by atoms with Crippen molar-refractivity contribution >= 4 is 16.1 Å². The van der Waals surface area contributed by atoms with Crippen LogP contribution < -0.4 is 28.9 Å². The molecule has 0 aliphatic carbocycles. The fraction of sp³-hybridized carbons (Fsp3) is 0.875. The van der Waals surface area contributed by atoms with Crippen LogP contribution in [-0.4, -0.2) is 39.5 Å². The van der Waals surface area contributed by atoms with Crippen LogP contribution >= 0.6 is 0 Å². The number of hydrogen-bond acceptors (Lipinski definition) is 1. The van der Waals surface area contributed by atoms with Gasteiger partial charge in [-0.1, -0.05) is 63.0 Å². The molecular formula is C16H33IN2Si2. The van der Waals surface area contributed by atoms with Crippen molar-refractivity contribution < 1.29 is 28.9 Å². The van der Waals surface area contributed by atoms with E-state index in [0.29, 0.717) is 6.17 Å². The first-order valence-electron chi connectivity index (χ1n) is 8.80. The van der Waals surface area contributed by atoms with Crippen molar-refractivity contribution in [2.45, 2.75) is 76.0 Å². The molecule has 2 saturated heterocycles. The molecule has 3 aliphatic rings. The highest BCUT2D eigenvalue weighted by atomic mass is 127. The minimum Gasteiger partial charge on any atom is -1.00 e. The monoisotopic (exact) mass is 436 g/mol. The molecular weight excluding hydrogens is 403 g/mol. The highest BCUT2D eigenvalue weighted by molar-refractivity contribution is 6.79. The van der Waals surface area contributed by atoms with Crippen molar-refractivity contribution in [1.82, 2.24) is 4.90 Å². The Bertz CT molecular complexity index is 342. The molecule has 0 radical (unpaired) electrons. The van der Waals surface area contributed by atoms with E-state index in [1.54, 1.807) is 29.1 Å². The molecule has 0 aromatic rings. The number of halogens is 1. The van der Waals surface area contributed by atoms with Gasteiger partial charge < -0.3 is 28.9 Å². The lowest BCUT2D eigenvalue weighted by Crippen LogP contribution is -3.13. The third-order valence-corrected chi connectivity index (χ3v) is 15.0. The van der Waals surface area contributed by atoms with Crippen molar-refractivity contribution in [1.29, 1.82) is 0 Å². The maximum Gasteiger partial charge on any atom is 0.163 e. The third-order valence-electron chi connectivity index (χ3n) is 6.33. The molecule has 1 N–H and O–H groups in total. The van der Waals surface area contributed by atoms with Crippen molar-refractivity contribution in [2.75, 3.05) is 12.3 Å². The van der Waals surface area contributed by atoms with Gasteiger partial charge in [0.05, 0.1) is 20.4 Å². The van der Waals surface area contributed by atoms with Crippen LogP contribution in [0.15, 0.2) is 12.4 Å². The molecule has 3 aliphatic heterocycles. The van der Waals surface area contributed by atoms with Crippen molar-refractivity contribution in [3.05, 3.63) is 12.4 Å². The quantitative estimate of drug-likeness (QED) is 0.475. The Balaban J connectivity index is 0.00000161. The molecule has 2 unspecified atom stereocenters. The standard InChI is InChI=1S/C16H32N2Si2.HI/c1-16-17(14-19(2)10-4-5-11-19)8-9-18(16)15-20(3)12-6-7-13-20;/h8-9,16H,4-7,10-15H2,1-3H3;1H. The van der Waals surface area contributed by atoms with E-state index >= 15 is 0 Å². The molecule has 0 amide bonds. The van der Waals surface area contributed by atoms with Gasteiger partial charge in [-0.15, -0.1) is 0 Å². The summed E-state index contributed by atoms with van der Waals surface area (Å²) < 4.78 is 0. The van der Waals surface area contributed by atoms with Gasteiger partial charge in [0, 0.05) is 13.1 Å². The smallest absolute Gasteiger partial charge is 0.163 e. The molecule has 0 aromatic heterocycles. The zero-order valence-corrected chi connectivity index (χ0v) is 18.3. The second-order valence-electron chi connectivity index (χ2n) is 8.45. The first kappa shape index (κ1) is 18.0. The number of nitrogens with zero attached hydrogens (tertiary/aromatic N) is 1. The summed E-state index contributed by atoms with van der Waals surface area (Å²) in [5, 5.41) is 0. The first-order valence-corrected chi connectivity index (χ1v) is 15.0. The maximum absolute atomic E-state index is 2.71. The lowest BCUT2D eigenvalue weighted by Gasteiger charge is -2.33. The zero-order valence-electron chi connectivity index (χ0n) is 14.1. The van der Waals surface area contributed by atoms with Gasteiger partial charge in [-0.3, -0.25) is 4.90 Å². The van der Waals surface area contributed by atoms with E-state index in [4.69, 9.17) is 0 Å². The van der Waals surface area contributed by atoms with Gasteiger partial charge >= 0.3 is 0 Å². The van der Waals surface area contributed by atoms with Crippen LogP contribution in [0.5, 0.6) is 0 Å². The average molecular weight is 437 g/mol. The maximum atomic E-state index is 2.71. The second-order valence-corrected chi connectivity index (χ2v) is 18.4. The molecule has 0 aromatic carbocycles. The predicted octanol–water partition coefficient (Wildman–Crippen LogP) is -0.169. The van der Waals surface area contributed by atoms with E-state index in [1.165, 1.54) is 38.0 Å². The SMILES string of the molecule is CC1N(C[Si]2(C)CCCC2)C=C[NH+]1C[Si]1(C)CCCC1.[I-]. The molecule has 2 fully saturated rings. The summed E-state index contributed by atoms with van der Waals surface area (Å²) in [6.07, 6.45) is 14.6. The van der Waals surface area contributed by atoms with Crippen molar-refractivity contribution in [3.63, 3.8) is 0 Å². The largest absolute Gasteiger partial charge is 1.00 e. The highest BCUT2D eigenvalue weighted by Gasteiger charge is 2.41. The minimum atomic E-state index is -0.913. The van der Waals surface area contributed by atoms with Gasteiger partial charge in [0.1, 0.15) is 14.3 Å². The minimum absolute atomic E-state index is 0. The van der Waals surface area contributed by atoms with Crippen LogP contribution in [0, 0.1) is 0 Å². The van der Waals surface area contributed by atoms with Gasteiger partial charge in [0.25, 0.3) is 0 Å². The summed E-state index contributed by atoms with van der Waals surface area (Å²) in [5.41, 5.74) is 0. The number of rotatable bonds is 4. The topological polar surface area (TPSA) is 7.68 Å². The van der Waals surface area contributed by atoms with Crippen LogP contribution in [0.4, 0.5) is 0 Å². The van der Waals surface area contributed by atoms with Gasteiger partial charge in [-0.05, 0) is 0 Å². The lowest BCUT2D eigenvalue weighted by molar-refractivity contribution is -0.865. The molecule has 0 saturated carbocycles. The van der Waals surface area contributed by atoms with E-state index in [0.717, 1.165) is 0 Å². The molecule has 122 valence electrons. The van der Waals surface area contributed by atoms with Crippen LogP contribution in [0.2, 0.25) is 37.3 Å². The van der Waals surface area contributed by atoms with Crippen molar-refractivity contribution in [3.8, 4) is 0 Å². The number of hydrogen-bond donors (Lipinski definition) is 1. The van der Waals surface area contributed by atoms with Gasteiger partial charge in [0.15, 0.2) is 6.17 Å². The van der Waals surface area contributed by atoms with Gasteiger partial charge in [-0.2, -0.15) is 0 Å². The van der Waals surface area contributed by atoms with E-state index in [9.17, 15) is 0 Å². The summed E-state index contributed by atoms with van der Waals surface area (Å²) in [5.74, 6) is 0. The molecule has 2 nitrogen and oxygen atoms in total. The van der Waals surface area contributed by atoms with Crippen LogP contribution in [-0.2, 0) is 0 Å².